The molecule has 92 valence electrons. The quantitative estimate of drug-likeness (QED) is 0.644. The topological polar surface area (TPSA) is 92.6 Å². The molecule has 0 spiro atoms. The Morgan fingerprint density at radius 1 is 1.35 bits per heavy atom. The van der Waals surface area contributed by atoms with Crippen LogP contribution in [0.2, 0.25) is 0 Å². The zero-order valence-corrected chi connectivity index (χ0v) is 9.60. The molecule has 0 atom stereocenters. The SMILES string of the molecule is NC(=O)c1cccc(N)c1N1CCC(O)CC1. The first-order valence-electron chi connectivity index (χ1n) is 5.71. The fourth-order valence-corrected chi connectivity index (χ4v) is 2.20. The Morgan fingerprint density at radius 2 is 2.00 bits per heavy atom. The average molecular weight is 235 g/mol. The first-order chi connectivity index (χ1) is 8.09. The van der Waals surface area contributed by atoms with Gasteiger partial charge in [0.1, 0.15) is 0 Å². The van der Waals surface area contributed by atoms with Gasteiger partial charge in [-0.05, 0) is 25.0 Å². The molecule has 0 saturated carbocycles. The fourth-order valence-electron chi connectivity index (χ4n) is 2.20. The smallest absolute Gasteiger partial charge is 0.250 e. The highest BCUT2D eigenvalue weighted by Crippen LogP contribution is 2.30. The van der Waals surface area contributed by atoms with Crippen LogP contribution in [0.25, 0.3) is 0 Å². The number of primary amides is 1. The molecule has 1 saturated heterocycles. The van der Waals surface area contributed by atoms with Crippen LogP contribution >= 0.6 is 0 Å². The van der Waals surface area contributed by atoms with Crippen molar-refractivity contribution in [3.63, 3.8) is 0 Å². The molecule has 1 aliphatic heterocycles. The summed E-state index contributed by atoms with van der Waals surface area (Å²) in [4.78, 5) is 13.4. The molecule has 1 aromatic carbocycles. The van der Waals surface area contributed by atoms with Crippen molar-refractivity contribution < 1.29 is 9.90 Å². The highest BCUT2D eigenvalue weighted by Gasteiger charge is 2.22. The molecular weight excluding hydrogens is 218 g/mol. The highest BCUT2D eigenvalue weighted by atomic mass is 16.3. The van der Waals surface area contributed by atoms with Gasteiger partial charge < -0.3 is 21.5 Å². The summed E-state index contributed by atoms with van der Waals surface area (Å²) in [5.74, 6) is -0.474. The van der Waals surface area contributed by atoms with Gasteiger partial charge in [0.05, 0.1) is 23.0 Å². The molecule has 0 aliphatic carbocycles. The van der Waals surface area contributed by atoms with E-state index in [1.807, 2.05) is 4.90 Å². The summed E-state index contributed by atoms with van der Waals surface area (Å²) in [6.07, 6.45) is 1.12. The van der Waals surface area contributed by atoms with Gasteiger partial charge in [0, 0.05) is 13.1 Å². The number of nitrogens with zero attached hydrogens (tertiary/aromatic N) is 1. The predicted octanol–water partition coefficient (Wildman–Crippen LogP) is 0.329. The van der Waals surface area contributed by atoms with Crippen LogP contribution in [-0.4, -0.2) is 30.2 Å². The number of aliphatic hydroxyl groups is 1. The Hall–Kier alpha value is -1.75. The number of para-hydroxylation sites is 1. The number of piperidine rings is 1. The van der Waals surface area contributed by atoms with Crippen molar-refractivity contribution >= 4 is 17.3 Å². The van der Waals surface area contributed by atoms with Gasteiger partial charge in [-0.25, -0.2) is 0 Å². The zero-order valence-electron chi connectivity index (χ0n) is 9.60. The monoisotopic (exact) mass is 235 g/mol. The van der Waals surface area contributed by atoms with Gasteiger partial charge in [-0.2, -0.15) is 0 Å². The van der Waals surface area contributed by atoms with E-state index in [-0.39, 0.29) is 6.10 Å². The van der Waals surface area contributed by atoms with Crippen LogP contribution in [0, 0.1) is 0 Å². The van der Waals surface area contributed by atoms with E-state index in [4.69, 9.17) is 11.5 Å². The normalized spacial score (nSPS) is 17.1. The Balaban J connectivity index is 2.33. The molecule has 5 N–H and O–H groups in total. The van der Waals surface area contributed by atoms with Gasteiger partial charge in [-0.3, -0.25) is 4.79 Å². The van der Waals surface area contributed by atoms with E-state index in [2.05, 4.69) is 0 Å². The molecule has 1 amide bonds. The highest BCUT2D eigenvalue weighted by molar-refractivity contribution is 6.01. The van der Waals surface area contributed by atoms with E-state index < -0.39 is 5.91 Å². The van der Waals surface area contributed by atoms with Gasteiger partial charge in [0.2, 0.25) is 0 Å². The largest absolute Gasteiger partial charge is 0.397 e. The van der Waals surface area contributed by atoms with Crippen molar-refractivity contribution in [1.29, 1.82) is 0 Å². The second-order valence-electron chi connectivity index (χ2n) is 4.33. The van der Waals surface area contributed by atoms with E-state index in [0.717, 1.165) is 0 Å². The van der Waals surface area contributed by atoms with Crippen molar-refractivity contribution in [3.8, 4) is 0 Å². The third-order valence-corrected chi connectivity index (χ3v) is 3.11. The van der Waals surface area contributed by atoms with E-state index in [1.165, 1.54) is 0 Å². The lowest BCUT2D eigenvalue weighted by Gasteiger charge is -2.33. The molecule has 2 rings (SSSR count). The minimum Gasteiger partial charge on any atom is -0.397 e. The van der Waals surface area contributed by atoms with Crippen LogP contribution in [0.4, 0.5) is 11.4 Å². The molecular formula is C12H17N3O2. The molecule has 5 nitrogen and oxygen atoms in total. The predicted molar refractivity (Wildman–Crippen MR) is 66.8 cm³/mol. The zero-order chi connectivity index (χ0) is 12.4. The molecule has 0 unspecified atom stereocenters. The number of hydrogen-bond donors (Lipinski definition) is 3. The number of rotatable bonds is 2. The van der Waals surface area contributed by atoms with Gasteiger partial charge in [-0.15, -0.1) is 0 Å². The summed E-state index contributed by atoms with van der Waals surface area (Å²) >= 11 is 0. The molecule has 1 heterocycles. The molecule has 1 fully saturated rings. The molecule has 1 aliphatic rings. The fraction of sp³-hybridized carbons (Fsp3) is 0.417. The van der Waals surface area contributed by atoms with Crippen LogP contribution in [-0.2, 0) is 0 Å². The van der Waals surface area contributed by atoms with E-state index in [9.17, 15) is 9.90 Å². The molecule has 0 bridgehead atoms. The minimum atomic E-state index is -0.474. The third kappa shape index (κ3) is 2.34. The van der Waals surface area contributed by atoms with Gasteiger partial charge in [0.25, 0.3) is 5.91 Å². The summed E-state index contributed by atoms with van der Waals surface area (Å²) in [5, 5.41) is 9.47. The van der Waals surface area contributed by atoms with Crippen molar-refractivity contribution in [2.24, 2.45) is 5.73 Å². The lowest BCUT2D eigenvalue weighted by Crippen LogP contribution is -2.37. The number of benzene rings is 1. The Labute approximate surface area is 100 Å². The maximum atomic E-state index is 11.4. The van der Waals surface area contributed by atoms with Gasteiger partial charge >= 0.3 is 0 Å². The molecule has 1 aromatic rings. The summed E-state index contributed by atoms with van der Waals surface area (Å²) < 4.78 is 0. The average Bonchev–Trinajstić information content (AvgIpc) is 2.30. The number of amides is 1. The summed E-state index contributed by atoms with van der Waals surface area (Å²) in [5.41, 5.74) is 13.0. The van der Waals surface area contributed by atoms with Gasteiger partial charge in [-0.1, -0.05) is 6.07 Å². The number of carbonyl (C=O) groups excluding carboxylic acids is 1. The number of carbonyl (C=O) groups is 1. The van der Waals surface area contributed by atoms with Crippen molar-refractivity contribution in [2.45, 2.75) is 18.9 Å². The second-order valence-corrected chi connectivity index (χ2v) is 4.33. The Morgan fingerprint density at radius 3 is 2.59 bits per heavy atom. The van der Waals surface area contributed by atoms with Crippen LogP contribution in [0.1, 0.15) is 23.2 Å². The summed E-state index contributed by atoms with van der Waals surface area (Å²) in [6, 6.07) is 5.16. The van der Waals surface area contributed by atoms with Crippen molar-refractivity contribution in [3.05, 3.63) is 23.8 Å². The number of anilines is 2. The molecule has 0 aromatic heterocycles. The van der Waals surface area contributed by atoms with E-state index >= 15 is 0 Å². The maximum absolute atomic E-state index is 11.4. The third-order valence-electron chi connectivity index (χ3n) is 3.11. The maximum Gasteiger partial charge on any atom is 0.250 e. The number of nitrogen functional groups attached to an aromatic ring is 1. The number of aliphatic hydroxyl groups excluding tert-OH is 1. The van der Waals surface area contributed by atoms with Crippen LogP contribution in [0.3, 0.4) is 0 Å². The number of nitrogens with two attached hydrogens (primary N) is 2. The van der Waals surface area contributed by atoms with Crippen molar-refractivity contribution in [1.82, 2.24) is 0 Å². The summed E-state index contributed by atoms with van der Waals surface area (Å²) in [7, 11) is 0. The van der Waals surface area contributed by atoms with Crippen molar-refractivity contribution in [2.75, 3.05) is 23.7 Å². The van der Waals surface area contributed by atoms with Gasteiger partial charge in [0.15, 0.2) is 0 Å². The number of hydrogen-bond acceptors (Lipinski definition) is 4. The Kier molecular flexibility index (Phi) is 3.19. The minimum absolute atomic E-state index is 0.256. The molecule has 5 heteroatoms. The lowest BCUT2D eigenvalue weighted by molar-refractivity contribution is 0.100. The molecule has 0 radical (unpaired) electrons. The first-order valence-corrected chi connectivity index (χ1v) is 5.71. The van der Waals surface area contributed by atoms with Crippen LogP contribution < -0.4 is 16.4 Å². The van der Waals surface area contributed by atoms with Crippen LogP contribution in [0.15, 0.2) is 18.2 Å². The van der Waals surface area contributed by atoms with E-state index in [0.29, 0.717) is 42.9 Å². The Bertz CT molecular complexity index is 426. The summed E-state index contributed by atoms with van der Waals surface area (Å²) in [6.45, 7) is 1.38. The molecule has 17 heavy (non-hydrogen) atoms. The van der Waals surface area contributed by atoms with E-state index in [1.54, 1.807) is 18.2 Å². The second kappa shape index (κ2) is 4.63. The standard InChI is InChI=1S/C12H17N3O2/c13-10-3-1-2-9(12(14)17)11(10)15-6-4-8(16)5-7-15/h1-3,8,16H,4-7,13H2,(H2,14,17). The van der Waals surface area contributed by atoms with Crippen LogP contribution in [0.5, 0.6) is 0 Å². The lowest BCUT2D eigenvalue weighted by atomic mass is 10.0. The first kappa shape index (κ1) is 11.7.